The van der Waals surface area contributed by atoms with E-state index in [1.807, 2.05) is 13.8 Å². The first-order valence-electron chi connectivity index (χ1n) is 5.15. The molecule has 1 aromatic heterocycles. The maximum Gasteiger partial charge on any atom is 0.365 e. The SMILES string of the molecule is CC(C)Oc1cc(-n2nn[nH]c2=O)c(F)cc1Cl. The lowest BCUT2D eigenvalue weighted by molar-refractivity contribution is 0.242. The van der Waals surface area contributed by atoms with Crippen molar-refractivity contribution < 1.29 is 9.13 Å². The fourth-order valence-electron chi connectivity index (χ4n) is 1.38. The molecule has 1 heterocycles. The molecule has 0 saturated carbocycles. The van der Waals surface area contributed by atoms with Gasteiger partial charge in [0.15, 0.2) is 5.82 Å². The second-order valence-corrected chi connectivity index (χ2v) is 4.23. The fraction of sp³-hybridized carbons (Fsp3) is 0.300. The summed E-state index contributed by atoms with van der Waals surface area (Å²) in [6.45, 7) is 3.61. The molecule has 0 atom stereocenters. The monoisotopic (exact) mass is 272 g/mol. The van der Waals surface area contributed by atoms with Gasteiger partial charge < -0.3 is 4.74 Å². The lowest BCUT2D eigenvalue weighted by Gasteiger charge is -2.12. The molecule has 0 saturated heterocycles. The Hall–Kier alpha value is -1.89. The number of nitrogens with one attached hydrogen (secondary N) is 1. The highest BCUT2D eigenvalue weighted by molar-refractivity contribution is 6.32. The Kier molecular flexibility index (Phi) is 3.33. The van der Waals surface area contributed by atoms with Gasteiger partial charge in [0, 0.05) is 6.07 Å². The second kappa shape index (κ2) is 4.77. The van der Waals surface area contributed by atoms with Gasteiger partial charge in [-0.3, -0.25) is 0 Å². The normalized spacial score (nSPS) is 10.9. The van der Waals surface area contributed by atoms with Crippen molar-refractivity contribution in [1.29, 1.82) is 0 Å². The zero-order chi connectivity index (χ0) is 13.3. The van der Waals surface area contributed by atoms with Crippen LogP contribution in [0.1, 0.15) is 13.8 Å². The quantitative estimate of drug-likeness (QED) is 0.920. The zero-order valence-electron chi connectivity index (χ0n) is 9.65. The largest absolute Gasteiger partial charge is 0.489 e. The fourth-order valence-corrected chi connectivity index (χ4v) is 1.58. The van der Waals surface area contributed by atoms with Gasteiger partial charge in [-0.2, -0.15) is 4.68 Å². The Morgan fingerprint density at radius 1 is 1.50 bits per heavy atom. The standard InChI is InChI=1S/C10H10ClFN4O2/c1-5(2)18-9-4-8(7(12)3-6(9)11)16-10(17)13-14-15-16/h3-5H,1-2H3,(H,13,15,17). The van der Waals surface area contributed by atoms with Crippen LogP contribution in [0.4, 0.5) is 4.39 Å². The van der Waals surface area contributed by atoms with Gasteiger partial charge >= 0.3 is 5.69 Å². The van der Waals surface area contributed by atoms with Crippen LogP contribution in [0.2, 0.25) is 5.02 Å². The molecule has 0 bridgehead atoms. The molecular weight excluding hydrogens is 263 g/mol. The van der Waals surface area contributed by atoms with E-state index in [4.69, 9.17) is 16.3 Å². The highest BCUT2D eigenvalue weighted by atomic mass is 35.5. The van der Waals surface area contributed by atoms with Crippen molar-refractivity contribution in [3.8, 4) is 11.4 Å². The summed E-state index contributed by atoms with van der Waals surface area (Å²) in [7, 11) is 0. The first kappa shape index (κ1) is 12.6. The van der Waals surface area contributed by atoms with Crippen LogP contribution in [0.3, 0.4) is 0 Å². The molecule has 0 aliphatic rings. The van der Waals surface area contributed by atoms with Crippen LogP contribution in [-0.4, -0.2) is 26.3 Å². The minimum Gasteiger partial charge on any atom is -0.489 e. The maximum absolute atomic E-state index is 13.7. The number of rotatable bonds is 3. The van der Waals surface area contributed by atoms with E-state index in [0.717, 1.165) is 10.7 Å². The molecule has 0 aliphatic carbocycles. The zero-order valence-corrected chi connectivity index (χ0v) is 10.4. The number of tetrazole rings is 1. The minimum absolute atomic E-state index is 0.0752. The predicted molar refractivity (Wildman–Crippen MR) is 62.7 cm³/mol. The molecule has 8 heteroatoms. The number of nitrogens with zero attached hydrogens (tertiary/aromatic N) is 3. The van der Waals surface area contributed by atoms with E-state index >= 15 is 0 Å². The van der Waals surface area contributed by atoms with E-state index in [-0.39, 0.29) is 22.6 Å². The van der Waals surface area contributed by atoms with E-state index < -0.39 is 11.5 Å². The molecule has 0 fully saturated rings. The topological polar surface area (TPSA) is 72.8 Å². The van der Waals surface area contributed by atoms with Gasteiger partial charge in [0.2, 0.25) is 0 Å². The summed E-state index contributed by atoms with van der Waals surface area (Å²) < 4.78 is 19.9. The van der Waals surface area contributed by atoms with E-state index in [1.54, 1.807) is 0 Å². The molecule has 2 aromatic rings. The first-order chi connectivity index (χ1) is 8.49. The van der Waals surface area contributed by atoms with Gasteiger partial charge in [0.05, 0.1) is 11.1 Å². The Balaban J connectivity index is 2.55. The summed E-state index contributed by atoms with van der Waals surface area (Å²) in [5.74, 6) is -0.412. The summed E-state index contributed by atoms with van der Waals surface area (Å²) in [6, 6.07) is 2.37. The second-order valence-electron chi connectivity index (χ2n) is 3.82. The number of benzene rings is 1. The Labute approximate surface area is 106 Å². The third kappa shape index (κ3) is 2.35. The van der Waals surface area contributed by atoms with Crippen LogP contribution in [0.15, 0.2) is 16.9 Å². The van der Waals surface area contributed by atoms with Crippen molar-refractivity contribution in [1.82, 2.24) is 20.2 Å². The maximum atomic E-state index is 13.7. The number of hydrogen-bond acceptors (Lipinski definition) is 4. The van der Waals surface area contributed by atoms with Crippen LogP contribution >= 0.6 is 11.6 Å². The summed E-state index contributed by atoms with van der Waals surface area (Å²) in [5, 5.41) is 8.95. The average molecular weight is 273 g/mol. The molecular formula is C10H10ClFN4O2. The van der Waals surface area contributed by atoms with Gasteiger partial charge in [-0.1, -0.05) is 11.6 Å². The summed E-state index contributed by atoms with van der Waals surface area (Å²) >= 11 is 5.85. The summed E-state index contributed by atoms with van der Waals surface area (Å²) in [6.07, 6.45) is -0.130. The number of halogens is 2. The van der Waals surface area contributed by atoms with Crippen molar-refractivity contribution in [3.05, 3.63) is 33.5 Å². The molecule has 1 aromatic carbocycles. The van der Waals surface area contributed by atoms with Crippen molar-refractivity contribution in [2.45, 2.75) is 20.0 Å². The lowest BCUT2D eigenvalue weighted by Crippen LogP contribution is -2.17. The number of aromatic nitrogens is 4. The third-order valence-corrected chi connectivity index (χ3v) is 2.36. The van der Waals surface area contributed by atoms with E-state index in [2.05, 4.69) is 15.5 Å². The molecule has 0 aliphatic heterocycles. The third-order valence-electron chi connectivity index (χ3n) is 2.06. The van der Waals surface area contributed by atoms with Crippen LogP contribution in [0.5, 0.6) is 5.75 Å². The van der Waals surface area contributed by atoms with E-state index in [9.17, 15) is 9.18 Å². The van der Waals surface area contributed by atoms with E-state index in [1.165, 1.54) is 6.07 Å². The molecule has 1 N–H and O–H groups in total. The first-order valence-corrected chi connectivity index (χ1v) is 5.53. The summed E-state index contributed by atoms with van der Waals surface area (Å²) in [4.78, 5) is 11.3. The van der Waals surface area contributed by atoms with Gasteiger partial charge in [0.1, 0.15) is 11.4 Å². The molecule has 0 radical (unpaired) electrons. The number of H-pyrrole nitrogens is 1. The number of aromatic amines is 1. The predicted octanol–water partition coefficient (Wildman–Crippen LogP) is 1.54. The molecule has 18 heavy (non-hydrogen) atoms. The minimum atomic E-state index is -0.688. The Morgan fingerprint density at radius 3 is 2.78 bits per heavy atom. The lowest BCUT2D eigenvalue weighted by atomic mass is 10.3. The molecule has 96 valence electrons. The van der Waals surface area contributed by atoms with Crippen LogP contribution in [-0.2, 0) is 0 Å². The van der Waals surface area contributed by atoms with Crippen LogP contribution < -0.4 is 10.4 Å². The molecule has 0 spiro atoms. The van der Waals surface area contributed by atoms with Crippen LogP contribution in [0, 0.1) is 5.82 Å². The van der Waals surface area contributed by atoms with Crippen molar-refractivity contribution in [2.75, 3.05) is 0 Å². The Bertz CT molecular complexity index is 623. The highest BCUT2D eigenvalue weighted by Crippen LogP contribution is 2.29. The highest BCUT2D eigenvalue weighted by Gasteiger charge is 2.15. The molecule has 0 unspecified atom stereocenters. The Morgan fingerprint density at radius 2 is 2.22 bits per heavy atom. The summed E-state index contributed by atoms with van der Waals surface area (Å²) in [5.41, 5.74) is -0.722. The smallest absolute Gasteiger partial charge is 0.365 e. The number of ether oxygens (including phenoxy) is 1. The molecule has 0 amide bonds. The average Bonchev–Trinajstić information content (AvgIpc) is 2.68. The van der Waals surface area contributed by atoms with Crippen molar-refractivity contribution in [2.24, 2.45) is 0 Å². The van der Waals surface area contributed by atoms with Gasteiger partial charge in [-0.15, -0.1) is 0 Å². The van der Waals surface area contributed by atoms with Crippen molar-refractivity contribution >= 4 is 11.6 Å². The van der Waals surface area contributed by atoms with Crippen LogP contribution in [0.25, 0.3) is 5.69 Å². The van der Waals surface area contributed by atoms with Crippen molar-refractivity contribution in [3.63, 3.8) is 0 Å². The van der Waals surface area contributed by atoms with E-state index in [0.29, 0.717) is 0 Å². The van der Waals surface area contributed by atoms with Gasteiger partial charge in [-0.25, -0.2) is 14.3 Å². The number of hydrogen-bond donors (Lipinski definition) is 1. The molecule has 6 nitrogen and oxygen atoms in total. The molecule has 2 rings (SSSR count). The van der Waals surface area contributed by atoms with Gasteiger partial charge in [0.25, 0.3) is 0 Å². The van der Waals surface area contributed by atoms with Gasteiger partial charge in [-0.05, 0) is 30.3 Å².